The number of alkyl halides is 3. The van der Waals surface area contributed by atoms with Gasteiger partial charge in [-0.05, 0) is 42.5 Å². The molecule has 4 rings (SSSR count). The highest BCUT2D eigenvalue weighted by atomic mass is 35.5. The average Bonchev–Trinajstić information content (AvgIpc) is 3.27. The Bertz CT molecular complexity index is 1170. The van der Waals surface area contributed by atoms with Crippen LogP contribution in [-0.4, -0.2) is 10.2 Å². The molecule has 30 heavy (non-hydrogen) atoms. The summed E-state index contributed by atoms with van der Waals surface area (Å²) in [4.78, 5) is 14.5. The number of anilines is 1. The van der Waals surface area contributed by atoms with Gasteiger partial charge >= 0.3 is 6.18 Å². The van der Waals surface area contributed by atoms with Gasteiger partial charge in [0.05, 0.1) is 16.2 Å². The van der Waals surface area contributed by atoms with Crippen LogP contribution < -0.4 is 4.90 Å². The molecule has 1 amide bonds. The Hall–Kier alpha value is -2.55. The Kier molecular flexibility index (Phi) is 5.48. The molecule has 9 heteroatoms. The monoisotopic (exact) mass is 465 g/mol. The topological polar surface area (TPSA) is 33.5 Å². The summed E-state index contributed by atoms with van der Waals surface area (Å²) in [7, 11) is 0. The molecule has 0 spiro atoms. The number of benzene rings is 2. The summed E-state index contributed by atoms with van der Waals surface area (Å²) in [6.45, 7) is 0. The van der Waals surface area contributed by atoms with Crippen molar-refractivity contribution in [3.63, 3.8) is 0 Å². The first-order valence-corrected chi connectivity index (χ1v) is 10.1. The number of thioether (sulfide) groups is 1. The third kappa shape index (κ3) is 4.03. The van der Waals surface area contributed by atoms with E-state index in [0.717, 1.165) is 17.8 Å². The maximum absolute atomic E-state index is 13.3. The molecule has 3 aromatic rings. The zero-order valence-corrected chi connectivity index (χ0v) is 17.3. The van der Waals surface area contributed by atoms with Gasteiger partial charge in [0.1, 0.15) is 11.5 Å². The predicted molar refractivity (Wildman–Crippen MR) is 116 cm³/mol. The molecular weight excluding hydrogens is 455 g/mol. The summed E-state index contributed by atoms with van der Waals surface area (Å²) in [5.41, 5.74) is -0.289. The molecule has 0 unspecified atom stereocenters. The maximum Gasteiger partial charge on any atom is 0.417 e. The van der Waals surface area contributed by atoms with Crippen molar-refractivity contribution in [1.82, 2.24) is 0 Å². The molecule has 0 radical (unpaired) electrons. The standard InChI is InChI=1S/C21H11ClF3NO2S2/c22-12-5-7-13(8-6-12)26-19(27)18(30-20(26)29)11-14-9-10-17(28-14)15-3-1-2-4-16(15)21(23,24)25/h1-11H/b18-11+. The maximum atomic E-state index is 13.3. The Morgan fingerprint density at radius 3 is 2.43 bits per heavy atom. The van der Waals surface area contributed by atoms with E-state index in [0.29, 0.717) is 19.9 Å². The third-order valence-electron chi connectivity index (χ3n) is 4.28. The van der Waals surface area contributed by atoms with Gasteiger partial charge in [0.2, 0.25) is 0 Å². The smallest absolute Gasteiger partial charge is 0.417 e. The van der Waals surface area contributed by atoms with Crippen LogP contribution >= 0.6 is 35.6 Å². The first-order valence-electron chi connectivity index (χ1n) is 8.54. The van der Waals surface area contributed by atoms with Gasteiger partial charge in [0.15, 0.2) is 4.32 Å². The lowest BCUT2D eigenvalue weighted by Gasteiger charge is -2.14. The molecule has 0 aliphatic carbocycles. The number of furan rings is 1. The van der Waals surface area contributed by atoms with Crippen molar-refractivity contribution < 1.29 is 22.4 Å². The number of hydrogen-bond donors (Lipinski definition) is 0. The lowest BCUT2D eigenvalue weighted by molar-refractivity contribution is -0.137. The number of nitrogens with zero attached hydrogens (tertiary/aromatic N) is 1. The van der Waals surface area contributed by atoms with Gasteiger partial charge in [-0.15, -0.1) is 0 Å². The van der Waals surface area contributed by atoms with E-state index in [2.05, 4.69) is 0 Å². The molecule has 0 saturated carbocycles. The van der Waals surface area contributed by atoms with E-state index in [1.807, 2.05) is 0 Å². The van der Waals surface area contributed by atoms with Crippen molar-refractivity contribution in [2.24, 2.45) is 0 Å². The molecule has 152 valence electrons. The lowest BCUT2D eigenvalue weighted by Crippen LogP contribution is -2.27. The fourth-order valence-electron chi connectivity index (χ4n) is 2.93. The highest BCUT2D eigenvalue weighted by Gasteiger charge is 2.35. The number of rotatable bonds is 3. The highest BCUT2D eigenvalue weighted by molar-refractivity contribution is 8.27. The number of thiocarbonyl (C=S) groups is 1. The Labute approximate surface area is 184 Å². The summed E-state index contributed by atoms with van der Waals surface area (Å²) in [5.74, 6) is -0.0399. The first kappa shape index (κ1) is 20.7. The molecule has 3 nitrogen and oxygen atoms in total. The Morgan fingerprint density at radius 1 is 1.03 bits per heavy atom. The van der Waals surface area contributed by atoms with Crippen molar-refractivity contribution in [3.05, 3.63) is 81.9 Å². The Balaban J connectivity index is 1.63. The summed E-state index contributed by atoms with van der Waals surface area (Å²) >= 11 is 12.3. The quantitative estimate of drug-likeness (QED) is 0.307. The van der Waals surface area contributed by atoms with E-state index in [1.54, 1.807) is 24.3 Å². The molecule has 0 N–H and O–H groups in total. The van der Waals surface area contributed by atoms with Crippen LogP contribution in [-0.2, 0) is 11.0 Å². The molecule has 0 bridgehead atoms. The fourth-order valence-corrected chi connectivity index (χ4v) is 4.34. The molecule has 2 aromatic carbocycles. The summed E-state index contributed by atoms with van der Waals surface area (Å²) in [6.07, 6.45) is -3.04. The van der Waals surface area contributed by atoms with Crippen LogP contribution in [0.1, 0.15) is 11.3 Å². The van der Waals surface area contributed by atoms with Crippen LogP contribution in [0.4, 0.5) is 18.9 Å². The second-order valence-corrected chi connectivity index (χ2v) is 8.35. The second kappa shape index (κ2) is 7.94. The van der Waals surface area contributed by atoms with Crippen molar-refractivity contribution in [2.45, 2.75) is 6.18 Å². The van der Waals surface area contributed by atoms with Crippen LogP contribution in [0.5, 0.6) is 0 Å². The van der Waals surface area contributed by atoms with Crippen molar-refractivity contribution in [1.29, 1.82) is 0 Å². The van der Waals surface area contributed by atoms with Gasteiger partial charge in [-0.3, -0.25) is 9.69 Å². The molecule has 1 aliphatic heterocycles. The van der Waals surface area contributed by atoms with Gasteiger partial charge in [-0.1, -0.05) is 53.8 Å². The second-order valence-electron chi connectivity index (χ2n) is 6.24. The number of halogens is 4. The molecule has 1 fully saturated rings. The van der Waals surface area contributed by atoms with E-state index in [1.165, 1.54) is 41.3 Å². The zero-order valence-electron chi connectivity index (χ0n) is 14.9. The van der Waals surface area contributed by atoms with Gasteiger partial charge in [-0.25, -0.2) is 0 Å². The van der Waals surface area contributed by atoms with Crippen LogP contribution in [0, 0.1) is 0 Å². The zero-order chi connectivity index (χ0) is 21.5. The van der Waals surface area contributed by atoms with E-state index in [4.69, 9.17) is 28.2 Å². The molecule has 0 atom stereocenters. The number of hydrogen-bond acceptors (Lipinski definition) is 4. The average molecular weight is 466 g/mol. The molecular formula is C21H11ClF3NO2S2. The SMILES string of the molecule is O=C1/C(=C\c2ccc(-c3ccccc3C(F)(F)F)o2)SC(=S)N1c1ccc(Cl)cc1. The third-order valence-corrected chi connectivity index (χ3v) is 5.83. The normalized spacial score (nSPS) is 16.0. The number of amides is 1. The minimum absolute atomic E-state index is 0.0577. The predicted octanol–water partition coefficient (Wildman–Crippen LogP) is 7.02. The Morgan fingerprint density at radius 2 is 1.73 bits per heavy atom. The van der Waals surface area contributed by atoms with Gasteiger partial charge < -0.3 is 4.42 Å². The number of carbonyl (C=O) groups is 1. The van der Waals surface area contributed by atoms with Gasteiger partial charge in [-0.2, -0.15) is 13.2 Å². The molecule has 1 aromatic heterocycles. The lowest BCUT2D eigenvalue weighted by atomic mass is 10.1. The van der Waals surface area contributed by atoms with Gasteiger partial charge in [0, 0.05) is 16.7 Å². The van der Waals surface area contributed by atoms with E-state index in [9.17, 15) is 18.0 Å². The minimum Gasteiger partial charge on any atom is -0.457 e. The summed E-state index contributed by atoms with van der Waals surface area (Å²) < 4.78 is 45.7. The summed E-state index contributed by atoms with van der Waals surface area (Å²) in [5, 5.41) is 0.530. The number of carbonyl (C=O) groups excluding carboxylic acids is 1. The van der Waals surface area contributed by atoms with Crippen LogP contribution in [0.25, 0.3) is 17.4 Å². The van der Waals surface area contributed by atoms with Gasteiger partial charge in [0.25, 0.3) is 5.91 Å². The van der Waals surface area contributed by atoms with Crippen LogP contribution in [0.15, 0.2) is 70.0 Å². The largest absolute Gasteiger partial charge is 0.457 e. The van der Waals surface area contributed by atoms with E-state index in [-0.39, 0.29) is 23.0 Å². The minimum atomic E-state index is -4.51. The molecule has 1 saturated heterocycles. The van der Waals surface area contributed by atoms with Crippen molar-refractivity contribution >= 4 is 57.6 Å². The first-order chi connectivity index (χ1) is 14.2. The van der Waals surface area contributed by atoms with Crippen molar-refractivity contribution in [2.75, 3.05) is 4.90 Å². The van der Waals surface area contributed by atoms with E-state index < -0.39 is 11.7 Å². The van der Waals surface area contributed by atoms with Crippen molar-refractivity contribution in [3.8, 4) is 11.3 Å². The highest BCUT2D eigenvalue weighted by Crippen LogP contribution is 2.39. The van der Waals surface area contributed by atoms with E-state index >= 15 is 0 Å². The fraction of sp³-hybridized carbons (Fsp3) is 0.0476. The molecule has 2 heterocycles. The van der Waals surface area contributed by atoms with Crippen LogP contribution in [0.2, 0.25) is 5.02 Å². The summed E-state index contributed by atoms with van der Waals surface area (Å²) in [6, 6.07) is 14.8. The molecule has 1 aliphatic rings. The van der Waals surface area contributed by atoms with Crippen LogP contribution in [0.3, 0.4) is 0 Å².